The lowest BCUT2D eigenvalue weighted by atomic mass is 10.3. The second-order valence-electron chi connectivity index (χ2n) is 1.40. The Hall–Kier alpha value is 0.330. The average Bonchev–Trinajstić information content (AvgIpc) is 1.84. The Morgan fingerprint density at radius 2 is 1.88 bits per heavy atom. The Morgan fingerprint density at radius 1 is 1.38 bits per heavy atom. The van der Waals surface area contributed by atoms with Crippen molar-refractivity contribution >= 4 is 15.9 Å². The lowest BCUT2D eigenvalue weighted by Gasteiger charge is -2.07. The van der Waals surface area contributed by atoms with Crippen LogP contribution in [0.5, 0.6) is 0 Å². The van der Waals surface area contributed by atoms with Gasteiger partial charge in [-0.2, -0.15) is 0 Å². The van der Waals surface area contributed by atoms with Gasteiger partial charge in [0.05, 0.1) is 18.0 Å². The summed E-state index contributed by atoms with van der Waals surface area (Å²) < 4.78 is 12.1. The Bertz CT molecular complexity index is 54.0. The molecule has 0 saturated carbocycles. The highest BCUT2D eigenvalue weighted by atomic mass is 79.9. The van der Waals surface area contributed by atoms with Crippen molar-refractivity contribution in [1.29, 1.82) is 0 Å². The van der Waals surface area contributed by atoms with Gasteiger partial charge in [-0.15, -0.1) is 0 Å². The second kappa shape index (κ2) is 4.23. The molecule has 50 valence electrons. The summed E-state index contributed by atoms with van der Waals surface area (Å²) in [5.41, 5.74) is 0. The topological polar surface area (TPSA) is 40.5 Å². The molecular formula is C4H8BrFO2. The third-order valence-electron chi connectivity index (χ3n) is 0.741. The largest absolute Gasteiger partial charge is 0.395 e. The molecule has 0 aromatic carbocycles. The Kier molecular flexibility index (Phi) is 4.41. The SMILES string of the molecule is OCC(F)C(Br)CO. The number of hydrogen-bond donors (Lipinski definition) is 2. The summed E-state index contributed by atoms with van der Waals surface area (Å²) >= 11 is 2.82. The molecule has 0 radical (unpaired) electrons. The van der Waals surface area contributed by atoms with E-state index < -0.39 is 17.6 Å². The minimum Gasteiger partial charge on any atom is -0.395 e. The van der Waals surface area contributed by atoms with Crippen LogP contribution in [0.25, 0.3) is 0 Å². The van der Waals surface area contributed by atoms with Gasteiger partial charge >= 0.3 is 0 Å². The van der Waals surface area contributed by atoms with Crippen LogP contribution < -0.4 is 0 Å². The molecule has 0 aliphatic heterocycles. The second-order valence-corrected chi connectivity index (χ2v) is 2.57. The smallest absolute Gasteiger partial charge is 0.138 e. The van der Waals surface area contributed by atoms with Crippen molar-refractivity contribution < 1.29 is 14.6 Å². The third-order valence-corrected chi connectivity index (χ3v) is 1.60. The van der Waals surface area contributed by atoms with E-state index in [0.29, 0.717) is 0 Å². The Balaban J connectivity index is 3.29. The van der Waals surface area contributed by atoms with Crippen LogP contribution in [0.2, 0.25) is 0 Å². The van der Waals surface area contributed by atoms with Crippen molar-refractivity contribution in [2.75, 3.05) is 13.2 Å². The molecule has 0 spiro atoms. The summed E-state index contributed by atoms with van der Waals surface area (Å²) in [4.78, 5) is -0.632. The summed E-state index contributed by atoms with van der Waals surface area (Å²) in [6.07, 6.45) is -1.36. The number of hydrogen-bond acceptors (Lipinski definition) is 2. The maximum Gasteiger partial charge on any atom is 0.138 e. The van der Waals surface area contributed by atoms with Gasteiger partial charge in [0.15, 0.2) is 0 Å². The van der Waals surface area contributed by atoms with Gasteiger partial charge in [0, 0.05) is 0 Å². The predicted octanol–water partition coefficient (Wildman–Crippen LogP) is 0.0726. The minimum absolute atomic E-state index is 0.290. The van der Waals surface area contributed by atoms with Gasteiger partial charge in [0.25, 0.3) is 0 Å². The molecule has 0 aliphatic carbocycles. The molecule has 0 fully saturated rings. The standard InChI is InChI=1S/C4H8BrFO2/c5-3(1-7)4(6)2-8/h3-4,7-8H,1-2H2. The van der Waals surface area contributed by atoms with Crippen LogP contribution in [-0.2, 0) is 0 Å². The van der Waals surface area contributed by atoms with Gasteiger partial charge < -0.3 is 10.2 Å². The molecule has 4 heteroatoms. The van der Waals surface area contributed by atoms with Crippen LogP contribution in [-0.4, -0.2) is 34.4 Å². The first kappa shape index (κ1) is 8.33. The van der Waals surface area contributed by atoms with Gasteiger partial charge in [0.2, 0.25) is 0 Å². The lowest BCUT2D eigenvalue weighted by Crippen LogP contribution is -2.22. The third kappa shape index (κ3) is 2.59. The normalized spacial score (nSPS) is 18.0. The average molecular weight is 187 g/mol. The first-order valence-corrected chi connectivity index (χ1v) is 3.13. The van der Waals surface area contributed by atoms with Gasteiger partial charge in [-0.1, -0.05) is 15.9 Å². The van der Waals surface area contributed by atoms with Gasteiger partial charge in [0.1, 0.15) is 6.17 Å². The maximum atomic E-state index is 12.1. The van der Waals surface area contributed by atoms with Crippen LogP contribution in [0, 0.1) is 0 Å². The lowest BCUT2D eigenvalue weighted by molar-refractivity contribution is 0.152. The number of aliphatic hydroxyl groups excluding tert-OH is 2. The summed E-state index contributed by atoms with van der Waals surface area (Å²) in [6, 6.07) is 0. The van der Waals surface area contributed by atoms with E-state index in [1.807, 2.05) is 0 Å². The molecule has 0 aliphatic rings. The number of halogens is 2. The van der Waals surface area contributed by atoms with E-state index in [0.717, 1.165) is 0 Å². The molecule has 0 bridgehead atoms. The zero-order valence-corrected chi connectivity index (χ0v) is 5.81. The first-order valence-electron chi connectivity index (χ1n) is 2.22. The fourth-order valence-corrected chi connectivity index (χ4v) is 0.396. The van der Waals surface area contributed by atoms with Crippen LogP contribution in [0.1, 0.15) is 0 Å². The number of rotatable bonds is 3. The molecule has 2 N–H and O–H groups in total. The zero-order chi connectivity index (χ0) is 6.57. The van der Waals surface area contributed by atoms with Crippen LogP contribution in [0.15, 0.2) is 0 Å². The van der Waals surface area contributed by atoms with Crippen molar-refractivity contribution in [3.8, 4) is 0 Å². The highest BCUT2D eigenvalue weighted by Crippen LogP contribution is 2.06. The van der Waals surface area contributed by atoms with Gasteiger partial charge in [-0.25, -0.2) is 4.39 Å². The summed E-state index contributed by atoms with van der Waals surface area (Å²) in [6.45, 7) is -0.835. The zero-order valence-electron chi connectivity index (χ0n) is 4.22. The quantitative estimate of drug-likeness (QED) is 0.614. The van der Waals surface area contributed by atoms with Crippen LogP contribution in [0.3, 0.4) is 0 Å². The minimum atomic E-state index is -1.36. The van der Waals surface area contributed by atoms with Crippen molar-refractivity contribution in [3.63, 3.8) is 0 Å². The molecular weight excluding hydrogens is 179 g/mol. The van der Waals surface area contributed by atoms with E-state index in [4.69, 9.17) is 10.2 Å². The molecule has 2 atom stereocenters. The molecule has 0 heterocycles. The Morgan fingerprint density at radius 3 is 2.00 bits per heavy atom. The van der Waals surface area contributed by atoms with Crippen molar-refractivity contribution in [2.45, 2.75) is 11.0 Å². The van der Waals surface area contributed by atoms with E-state index >= 15 is 0 Å². The van der Waals surface area contributed by atoms with E-state index in [9.17, 15) is 4.39 Å². The first-order chi connectivity index (χ1) is 3.72. The van der Waals surface area contributed by atoms with Gasteiger partial charge in [-0.05, 0) is 0 Å². The maximum absolute atomic E-state index is 12.1. The fraction of sp³-hybridized carbons (Fsp3) is 1.00. The van der Waals surface area contributed by atoms with Crippen LogP contribution >= 0.6 is 15.9 Å². The predicted molar refractivity (Wildman–Crippen MR) is 31.8 cm³/mol. The van der Waals surface area contributed by atoms with Crippen molar-refractivity contribution in [2.24, 2.45) is 0 Å². The highest BCUT2D eigenvalue weighted by Gasteiger charge is 2.14. The van der Waals surface area contributed by atoms with E-state index in [2.05, 4.69) is 15.9 Å². The summed E-state index contributed by atoms with van der Waals surface area (Å²) in [7, 11) is 0. The Labute approximate surface area is 55.5 Å². The summed E-state index contributed by atoms with van der Waals surface area (Å²) in [5.74, 6) is 0. The number of alkyl halides is 2. The molecule has 0 rings (SSSR count). The van der Waals surface area contributed by atoms with Crippen molar-refractivity contribution in [1.82, 2.24) is 0 Å². The fourth-order valence-electron chi connectivity index (χ4n) is 0.229. The van der Waals surface area contributed by atoms with Crippen LogP contribution in [0.4, 0.5) is 4.39 Å². The molecule has 2 unspecified atom stereocenters. The highest BCUT2D eigenvalue weighted by molar-refractivity contribution is 9.09. The molecule has 0 amide bonds. The van der Waals surface area contributed by atoms with E-state index in [1.54, 1.807) is 0 Å². The molecule has 8 heavy (non-hydrogen) atoms. The molecule has 0 aromatic rings. The number of aliphatic hydroxyl groups is 2. The molecule has 0 aromatic heterocycles. The van der Waals surface area contributed by atoms with E-state index in [1.165, 1.54) is 0 Å². The monoisotopic (exact) mass is 186 g/mol. The van der Waals surface area contributed by atoms with Gasteiger partial charge in [-0.3, -0.25) is 0 Å². The molecule has 2 nitrogen and oxygen atoms in total. The molecule has 0 saturated heterocycles. The van der Waals surface area contributed by atoms with E-state index in [-0.39, 0.29) is 6.61 Å². The summed E-state index contributed by atoms with van der Waals surface area (Å²) in [5, 5.41) is 16.4. The van der Waals surface area contributed by atoms with Crippen molar-refractivity contribution in [3.05, 3.63) is 0 Å².